The van der Waals surface area contributed by atoms with Crippen molar-refractivity contribution < 1.29 is 80.2 Å². The predicted octanol–water partition coefficient (Wildman–Crippen LogP) is 23.8. The molecular weight excluding hydrogens is 1380 g/mol. The molecule has 0 radical (unpaired) electrons. The van der Waals surface area contributed by atoms with Crippen LogP contribution in [0, 0.1) is 0 Å². The second kappa shape index (κ2) is 77.6. The van der Waals surface area contributed by atoms with Crippen LogP contribution < -0.4 is 0 Å². The number of phosphoric ester groups is 2. The Morgan fingerprint density at radius 3 is 0.774 bits per heavy atom. The third-order valence-corrected chi connectivity index (χ3v) is 18.1. The van der Waals surface area contributed by atoms with Crippen molar-refractivity contribution in [3.8, 4) is 0 Å². The molecule has 5 unspecified atom stereocenters. The van der Waals surface area contributed by atoms with E-state index in [1.165, 1.54) is 25.7 Å². The molecule has 0 aliphatic carbocycles. The summed E-state index contributed by atoms with van der Waals surface area (Å²) in [4.78, 5) is 73.1. The van der Waals surface area contributed by atoms with Crippen LogP contribution >= 0.6 is 15.6 Å². The summed E-state index contributed by atoms with van der Waals surface area (Å²) in [6.07, 6.45) is 91.8. The Balaban J connectivity index is 5.45. The summed E-state index contributed by atoms with van der Waals surface area (Å²) in [6.45, 7) is 4.41. The van der Waals surface area contributed by atoms with E-state index in [0.717, 1.165) is 193 Å². The molecule has 5 atom stereocenters. The molecule has 0 aromatic rings. The van der Waals surface area contributed by atoms with Crippen molar-refractivity contribution >= 4 is 39.5 Å². The van der Waals surface area contributed by atoms with Gasteiger partial charge in [0.15, 0.2) is 12.2 Å². The number of hydrogen-bond donors (Lipinski definition) is 3. The first kappa shape index (κ1) is 100. The van der Waals surface area contributed by atoms with Crippen molar-refractivity contribution in [2.24, 2.45) is 0 Å². The summed E-state index contributed by atoms with van der Waals surface area (Å²) >= 11 is 0. The van der Waals surface area contributed by atoms with Crippen LogP contribution in [0.1, 0.15) is 297 Å². The Hall–Kier alpha value is -5.58. The highest BCUT2D eigenvalue weighted by Crippen LogP contribution is 2.45. The Morgan fingerprint density at radius 2 is 0.491 bits per heavy atom. The van der Waals surface area contributed by atoms with Gasteiger partial charge in [-0.05, 0) is 173 Å². The molecule has 0 saturated heterocycles. The summed E-state index contributed by atoms with van der Waals surface area (Å²) in [6, 6.07) is 0. The Morgan fingerprint density at radius 1 is 0.274 bits per heavy atom. The van der Waals surface area contributed by atoms with Crippen molar-refractivity contribution in [1.29, 1.82) is 0 Å². The average Bonchev–Trinajstić information content (AvgIpc) is 0.900. The third-order valence-electron chi connectivity index (χ3n) is 16.2. The van der Waals surface area contributed by atoms with Crippen LogP contribution in [0.25, 0.3) is 0 Å². The molecule has 602 valence electrons. The molecule has 0 spiro atoms. The van der Waals surface area contributed by atoms with Crippen LogP contribution in [0.3, 0.4) is 0 Å². The molecule has 0 bridgehead atoms. The number of aliphatic hydroxyl groups excluding tert-OH is 1. The zero-order valence-electron chi connectivity index (χ0n) is 65.8. The lowest BCUT2D eigenvalue weighted by atomic mass is 10.1. The van der Waals surface area contributed by atoms with E-state index in [1.807, 2.05) is 0 Å². The van der Waals surface area contributed by atoms with Gasteiger partial charge in [-0.3, -0.25) is 37.3 Å². The van der Waals surface area contributed by atoms with E-state index >= 15 is 0 Å². The van der Waals surface area contributed by atoms with Crippen molar-refractivity contribution in [2.45, 2.75) is 316 Å². The van der Waals surface area contributed by atoms with Gasteiger partial charge in [0, 0.05) is 25.7 Å². The minimum absolute atomic E-state index is 0.0545. The van der Waals surface area contributed by atoms with E-state index in [1.54, 1.807) is 0 Å². The highest BCUT2D eigenvalue weighted by atomic mass is 31.2. The van der Waals surface area contributed by atoms with Crippen LogP contribution in [0.15, 0.2) is 170 Å². The number of carbonyl (C=O) groups excluding carboxylic acids is 4. The number of rotatable bonds is 74. The summed E-state index contributed by atoms with van der Waals surface area (Å²) in [5, 5.41) is 10.6. The molecule has 19 heteroatoms. The fraction of sp³-hybridized carbons (Fsp3) is 0.632. The van der Waals surface area contributed by atoms with Gasteiger partial charge in [0.05, 0.1) is 26.4 Å². The van der Waals surface area contributed by atoms with Gasteiger partial charge in [-0.2, -0.15) is 0 Å². The predicted molar refractivity (Wildman–Crippen MR) is 436 cm³/mol. The van der Waals surface area contributed by atoms with Crippen molar-refractivity contribution in [2.75, 3.05) is 39.6 Å². The second-order valence-electron chi connectivity index (χ2n) is 26.2. The number of carbonyl (C=O) groups is 4. The molecule has 0 aromatic carbocycles. The van der Waals surface area contributed by atoms with E-state index in [4.69, 9.17) is 37.0 Å². The monoisotopic (exact) mass is 1520 g/mol. The lowest BCUT2D eigenvalue weighted by Crippen LogP contribution is -2.30. The standard InChI is InChI=1S/C87H142O17P2/c1-5-9-13-17-21-25-29-33-36-39-40-43-45-49-52-56-60-64-68-72-85(90)97-77-82(103-86(91)73-69-65-61-57-53-47-32-28-24-20-16-12-8-4)79-101-105(93,94)99-75-81(88)76-100-106(95,96)102-80-83(104-87(92)74-70-66-62-58-54-50-46-42-38-35-31-27-23-19-15-11-7-3)78-98-84(89)71-67-63-59-55-51-48-44-41-37-34-30-26-22-18-14-10-6-2/h9-11,13-15,21-23,25-28,32-38,40,43-44,46,48-50,52,81-83,88H,5-8,12,16-20,24,29-31,39,41-42,45,47,51,53-80H2,1-4H3,(H,93,94)(H,95,96)/b13-9-,14-10-,15-11-,25-21-,26-22-,27-23-,32-28-,36-33-,37-34-,38-35-,43-40-,48-44-,50-46-,52-49-. The molecule has 0 fully saturated rings. The molecule has 3 N–H and O–H groups in total. The zero-order valence-corrected chi connectivity index (χ0v) is 67.6. The van der Waals surface area contributed by atoms with Gasteiger partial charge in [0.2, 0.25) is 0 Å². The molecular formula is C87H142O17P2. The molecule has 0 saturated carbocycles. The maximum atomic E-state index is 13.1. The topological polar surface area (TPSA) is 237 Å². The van der Waals surface area contributed by atoms with Gasteiger partial charge in [0.1, 0.15) is 19.3 Å². The van der Waals surface area contributed by atoms with Crippen LogP contribution in [-0.2, 0) is 65.4 Å². The molecule has 106 heavy (non-hydrogen) atoms. The molecule has 17 nitrogen and oxygen atoms in total. The lowest BCUT2D eigenvalue weighted by Gasteiger charge is -2.21. The van der Waals surface area contributed by atoms with Crippen LogP contribution in [0.2, 0.25) is 0 Å². The summed E-state index contributed by atoms with van der Waals surface area (Å²) in [7, 11) is -10.00. The molecule has 0 rings (SSSR count). The van der Waals surface area contributed by atoms with Crippen molar-refractivity contribution in [3.63, 3.8) is 0 Å². The minimum Gasteiger partial charge on any atom is -0.462 e. The maximum Gasteiger partial charge on any atom is 0.472 e. The van der Waals surface area contributed by atoms with Gasteiger partial charge >= 0.3 is 39.5 Å². The smallest absolute Gasteiger partial charge is 0.462 e. The molecule has 0 aromatic heterocycles. The number of aliphatic hydroxyl groups is 1. The van der Waals surface area contributed by atoms with Gasteiger partial charge in [-0.15, -0.1) is 0 Å². The quantitative estimate of drug-likeness (QED) is 0.0169. The SMILES string of the molecule is CC/C=C\C/C=C\C/C=C\C/C=C\C/C=C\CCCCCC(=O)OCC(COP(=O)(O)OCC(O)COP(=O)(O)OCC(COC(=O)CCCCCC/C=C\C/C=C\C/C=C\C/C=C\CC)OC(=O)CCCCCC/C=C\C/C=C\C/C=C\C/C=C\CC)OC(=O)CCCCCCC/C=C\CCCCCC. The highest BCUT2D eigenvalue weighted by molar-refractivity contribution is 7.47. The average molecular weight is 1520 g/mol. The summed E-state index contributed by atoms with van der Waals surface area (Å²) in [5.41, 5.74) is 0. The molecule has 0 aliphatic rings. The highest BCUT2D eigenvalue weighted by Gasteiger charge is 2.30. The van der Waals surface area contributed by atoms with Crippen LogP contribution in [-0.4, -0.2) is 96.7 Å². The number of allylic oxidation sites excluding steroid dienone is 28. The van der Waals surface area contributed by atoms with E-state index in [9.17, 15) is 43.2 Å². The van der Waals surface area contributed by atoms with E-state index in [0.29, 0.717) is 25.7 Å². The second-order valence-corrected chi connectivity index (χ2v) is 29.1. The first-order valence-corrected chi connectivity index (χ1v) is 43.4. The number of phosphoric acid groups is 2. The fourth-order valence-electron chi connectivity index (χ4n) is 10.1. The van der Waals surface area contributed by atoms with Gasteiger partial charge in [-0.25, -0.2) is 9.13 Å². The Labute approximate surface area is 642 Å². The van der Waals surface area contributed by atoms with E-state index < -0.39 is 97.5 Å². The van der Waals surface area contributed by atoms with Crippen LogP contribution in [0.4, 0.5) is 0 Å². The van der Waals surface area contributed by atoms with E-state index in [-0.39, 0.29) is 25.7 Å². The number of hydrogen-bond acceptors (Lipinski definition) is 15. The summed E-state index contributed by atoms with van der Waals surface area (Å²) in [5.74, 6) is -2.28. The Bertz CT molecular complexity index is 2680. The maximum absolute atomic E-state index is 13.1. The minimum atomic E-state index is -5.00. The molecule has 0 heterocycles. The van der Waals surface area contributed by atoms with Crippen LogP contribution in [0.5, 0.6) is 0 Å². The van der Waals surface area contributed by atoms with Gasteiger partial charge < -0.3 is 33.8 Å². The van der Waals surface area contributed by atoms with Crippen molar-refractivity contribution in [1.82, 2.24) is 0 Å². The van der Waals surface area contributed by atoms with Crippen molar-refractivity contribution in [3.05, 3.63) is 170 Å². The number of esters is 4. The third kappa shape index (κ3) is 76.6. The summed E-state index contributed by atoms with van der Waals surface area (Å²) < 4.78 is 68.6. The number of ether oxygens (including phenoxy) is 4. The first-order chi connectivity index (χ1) is 51.7. The molecule has 0 aliphatic heterocycles. The Kier molecular flexibility index (Phi) is 73.5. The largest absolute Gasteiger partial charge is 0.472 e. The fourth-order valence-corrected chi connectivity index (χ4v) is 11.7. The normalized spacial score (nSPS) is 14.7. The van der Waals surface area contributed by atoms with E-state index in [2.05, 4.69) is 198 Å². The lowest BCUT2D eigenvalue weighted by molar-refractivity contribution is -0.161. The first-order valence-electron chi connectivity index (χ1n) is 40.4. The van der Waals surface area contributed by atoms with Gasteiger partial charge in [0.25, 0.3) is 0 Å². The van der Waals surface area contributed by atoms with Gasteiger partial charge in [-0.1, -0.05) is 268 Å². The zero-order chi connectivity index (χ0) is 77.4. The number of unbranched alkanes of at least 4 members (excludes halogenated alkanes) is 20. The molecule has 0 amide bonds.